The number of fused-ring (bicyclic) bond motifs is 2. The molecule has 0 fully saturated rings. The van der Waals surface area contributed by atoms with Gasteiger partial charge in [0.15, 0.2) is 0 Å². The minimum Gasteiger partial charge on any atom is -0.310 e. The predicted octanol–water partition coefficient (Wildman–Crippen LogP) is 16.5. The standard InChI is InChI=1S/C58H40N4S/c1-3-11-41(12-4-1)43-19-27-47(28-20-43)61(55-37-39-59-53-17-9-7-15-51(53)55)49-31-23-45(24-32-49)57-35-36-58(63-57)46-25-33-50(34-26-46)62(56-38-40-60-54-18-10-8-16-52(54)56)48-29-21-44(22-30-48)42-13-5-2-6-14-42/h1-40H. The van der Waals surface area contributed by atoms with Gasteiger partial charge in [0.2, 0.25) is 0 Å². The van der Waals surface area contributed by atoms with Gasteiger partial charge < -0.3 is 9.80 Å². The second kappa shape index (κ2) is 16.7. The Bertz CT molecular complexity index is 3070. The van der Waals surface area contributed by atoms with E-state index in [9.17, 15) is 0 Å². The molecule has 0 aliphatic rings. The molecule has 0 saturated heterocycles. The van der Waals surface area contributed by atoms with Crippen molar-refractivity contribution in [1.82, 2.24) is 9.97 Å². The van der Waals surface area contributed by atoms with Gasteiger partial charge in [-0.15, -0.1) is 11.3 Å². The molecular weight excluding hydrogens is 785 g/mol. The van der Waals surface area contributed by atoms with Crippen LogP contribution in [0.4, 0.5) is 34.1 Å². The Morgan fingerprint density at radius 1 is 0.270 bits per heavy atom. The minimum absolute atomic E-state index is 0.965. The van der Waals surface area contributed by atoms with Crippen molar-refractivity contribution in [2.45, 2.75) is 0 Å². The van der Waals surface area contributed by atoms with E-state index in [1.165, 1.54) is 43.1 Å². The van der Waals surface area contributed by atoms with Gasteiger partial charge in [-0.25, -0.2) is 0 Å². The van der Waals surface area contributed by atoms with Gasteiger partial charge in [-0.2, -0.15) is 0 Å². The molecule has 0 aliphatic carbocycles. The average Bonchev–Trinajstić information content (AvgIpc) is 3.86. The molecule has 0 unspecified atom stereocenters. The first kappa shape index (κ1) is 37.8. The second-order valence-electron chi connectivity index (χ2n) is 15.4. The normalized spacial score (nSPS) is 11.2. The van der Waals surface area contributed by atoms with Gasteiger partial charge in [-0.1, -0.05) is 146 Å². The van der Waals surface area contributed by atoms with Crippen molar-refractivity contribution < 1.29 is 0 Å². The Labute approximate surface area is 371 Å². The van der Waals surface area contributed by atoms with Crippen LogP contribution in [0.25, 0.3) is 64.9 Å². The second-order valence-corrected chi connectivity index (χ2v) is 16.5. The summed E-state index contributed by atoms with van der Waals surface area (Å²) >= 11 is 1.81. The molecule has 0 bridgehead atoms. The highest BCUT2D eigenvalue weighted by Crippen LogP contribution is 2.43. The van der Waals surface area contributed by atoms with Crippen LogP contribution < -0.4 is 9.80 Å². The Balaban J connectivity index is 0.899. The summed E-state index contributed by atoms with van der Waals surface area (Å²) in [6.07, 6.45) is 3.80. The van der Waals surface area contributed by atoms with Crippen LogP contribution in [-0.4, -0.2) is 9.97 Å². The number of rotatable bonds is 10. The lowest BCUT2D eigenvalue weighted by atomic mass is 10.0. The topological polar surface area (TPSA) is 32.3 Å². The number of anilines is 6. The number of thiophene rings is 1. The summed E-state index contributed by atoms with van der Waals surface area (Å²) in [5.41, 5.74) is 15.6. The van der Waals surface area contributed by atoms with Crippen molar-refractivity contribution in [3.8, 4) is 43.1 Å². The molecule has 3 aromatic heterocycles. The lowest BCUT2D eigenvalue weighted by Crippen LogP contribution is -2.10. The van der Waals surface area contributed by atoms with Crippen molar-refractivity contribution in [3.05, 3.63) is 243 Å². The lowest BCUT2D eigenvalue weighted by Gasteiger charge is -2.27. The van der Waals surface area contributed by atoms with Crippen molar-refractivity contribution >= 4 is 67.3 Å². The molecule has 0 spiro atoms. The Kier molecular flexibility index (Phi) is 10.1. The van der Waals surface area contributed by atoms with E-state index in [4.69, 9.17) is 0 Å². The van der Waals surface area contributed by atoms with E-state index in [0.717, 1.165) is 55.9 Å². The summed E-state index contributed by atoms with van der Waals surface area (Å²) in [6.45, 7) is 0. The fraction of sp³-hybridized carbons (Fsp3) is 0. The van der Waals surface area contributed by atoms with Gasteiger partial charge >= 0.3 is 0 Å². The molecule has 11 rings (SSSR count). The van der Waals surface area contributed by atoms with Gasteiger partial charge in [0.1, 0.15) is 0 Å². The van der Waals surface area contributed by atoms with E-state index >= 15 is 0 Å². The van der Waals surface area contributed by atoms with E-state index in [-0.39, 0.29) is 0 Å². The maximum absolute atomic E-state index is 4.68. The Hall–Kier alpha value is -8.12. The van der Waals surface area contributed by atoms with Crippen LogP contribution in [0.5, 0.6) is 0 Å². The molecule has 3 heterocycles. The molecule has 0 amide bonds. The summed E-state index contributed by atoms with van der Waals surface area (Å²) in [5.74, 6) is 0. The monoisotopic (exact) mass is 824 g/mol. The van der Waals surface area contributed by atoms with Gasteiger partial charge in [-0.3, -0.25) is 9.97 Å². The van der Waals surface area contributed by atoms with Crippen LogP contribution in [0.2, 0.25) is 0 Å². The Morgan fingerprint density at radius 2 is 0.587 bits per heavy atom. The maximum Gasteiger partial charge on any atom is 0.0723 e. The highest BCUT2D eigenvalue weighted by Gasteiger charge is 2.19. The molecule has 11 aromatic rings. The van der Waals surface area contributed by atoms with E-state index in [1.54, 1.807) is 0 Å². The van der Waals surface area contributed by atoms with Crippen molar-refractivity contribution in [2.24, 2.45) is 0 Å². The number of aromatic nitrogens is 2. The summed E-state index contributed by atoms with van der Waals surface area (Å²) in [5, 5.41) is 2.20. The first-order chi connectivity index (χ1) is 31.2. The quantitative estimate of drug-likeness (QED) is 0.138. The zero-order valence-corrected chi connectivity index (χ0v) is 35.1. The first-order valence-corrected chi connectivity index (χ1v) is 21.9. The van der Waals surface area contributed by atoms with Gasteiger partial charge in [0, 0.05) is 55.7 Å². The van der Waals surface area contributed by atoms with Crippen LogP contribution in [0.3, 0.4) is 0 Å². The van der Waals surface area contributed by atoms with E-state index in [1.807, 2.05) is 35.9 Å². The zero-order chi connectivity index (χ0) is 42.0. The third kappa shape index (κ3) is 7.52. The van der Waals surface area contributed by atoms with Crippen molar-refractivity contribution in [1.29, 1.82) is 0 Å². The van der Waals surface area contributed by atoms with Crippen LogP contribution in [0.1, 0.15) is 0 Å². The van der Waals surface area contributed by atoms with Crippen LogP contribution >= 0.6 is 11.3 Å². The number of benzene rings is 8. The summed E-state index contributed by atoms with van der Waals surface area (Å²) in [6, 6.07) is 82.0. The highest BCUT2D eigenvalue weighted by atomic mass is 32.1. The summed E-state index contributed by atoms with van der Waals surface area (Å²) < 4.78 is 0. The van der Waals surface area contributed by atoms with E-state index < -0.39 is 0 Å². The molecular formula is C58H40N4S. The van der Waals surface area contributed by atoms with Crippen LogP contribution in [-0.2, 0) is 0 Å². The maximum atomic E-state index is 4.68. The largest absolute Gasteiger partial charge is 0.310 e. The molecule has 0 radical (unpaired) electrons. The molecule has 0 N–H and O–H groups in total. The van der Waals surface area contributed by atoms with Gasteiger partial charge in [0.05, 0.1) is 22.4 Å². The first-order valence-electron chi connectivity index (χ1n) is 21.1. The molecule has 298 valence electrons. The molecule has 8 aromatic carbocycles. The van der Waals surface area contributed by atoms with Gasteiger partial charge in [0.25, 0.3) is 0 Å². The molecule has 0 aliphatic heterocycles. The average molecular weight is 825 g/mol. The third-order valence-electron chi connectivity index (χ3n) is 11.6. The highest BCUT2D eigenvalue weighted by molar-refractivity contribution is 7.18. The molecule has 63 heavy (non-hydrogen) atoms. The predicted molar refractivity (Wildman–Crippen MR) is 266 cm³/mol. The summed E-state index contributed by atoms with van der Waals surface area (Å²) in [4.78, 5) is 16.5. The van der Waals surface area contributed by atoms with Crippen LogP contribution in [0.15, 0.2) is 243 Å². The van der Waals surface area contributed by atoms with E-state index in [0.29, 0.717) is 0 Å². The molecule has 4 nitrogen and oxygen atoms in total. The summed E-state index contributed by atoms with van der Waals surface area (Å²) in [7, 11) is 0. The van der Waals surface area contributed by atoms with Crippen molar-refractivity contribution in [3.63, 3.8) is 0 Å². The van der Waals surface area contributed by atoms with Crippen molar-refractivity contribution in [2.75, 3.05) is 9.80 Å². The molecule has 5 heteroatoms. The third-order valence-corrected chi connectivity index (χ3v) is 12.8. The number of hydrogen-bond donors (Lipinski definition) is 0. The number of para-hydroxylation sites is 2. The Morgan fingerprint density at radius 3 is 0.968 bits per heavy atom. The smallest absolute Gasteiger partial charge is 0.0723 e. The molecule has 0 saturated carbocycles. The number of pyridine rings is 2. The zero-order valence-electron chi connectivity index (χ0n) is 34.3. The van der Waals surface area contributed by atoms with Crippen LogP contribution in [0, 0.1) is 0 Å². The fourth-order valence-electron chi connectivity index (χ4n) is 8.47. The SMILES string of the molecule is c1ccc(-c2ccc(N(c3ccc(-c4ccc(-c5ccc(N(c6ccc(-c7ccccc7)cc6)c6ccnc7ccccc67)cc5)s4)cc3)c3ccnc4ccccc34)cc2)cc1. The number of hydrogen-bond acceptors (Lipinski definition) is 5. The number of nitrogens with zero attached hydrogens (tertiary/aromatic N) is 4. The van der Waals surface area contributed by atoms with E-state index in [2.05, 4.69) is 238 Å². The molecule has 0 atom stereocenters. The lowest BCUT2D eigenvalue weighted by molar-refractivity contribution is 1.28. The minimum atomic E-state index is 0.965. The van der Waals surface area contributed by atoms with Gasteiger partial charge in [-0.05, 0) is 118 Å². The fourth-order valence-corrected chi connectivity index (χ4v) is 9.49.